The Hall–Kier alpha value is -1.10. The number of nitrogens with one attached hydrogen (secondary N) is 2. The number of carbonyl (C=O) groups is 2. The first-order valence-corrected chi connectivity index (χ1v) is 5.81. The van der Waals surface area contributed by atoms with E-state index in [1.165, 1.54) is 0 Å². The highest BCUT2D eigenvalue weighted by Crippen LogP contribution is 2.06. The number of rotatable bonds is 5. The molecule has 0 bridgehead atoms. The molecule has 0 radical (unpaired) electrons. The SMILES string of the molecule is CC(C)C[C@@H](N)C(=O)NCC1CCC(=O)N1. The minimum absolute atomic E-state index is 0.0609. The average Bonchev–Trinajstić information content (AvgIpc) is 2.59. The summed E-state index contributed by atoms with van der Waals surface area (Å²) in [4.78, 5) is 22.5. The van der Waals surface area contributed by atoms with E-state index in [4.69, 9.17) is 5.73 Å². The molecule has 0 aromatic rings. The standard InChI is InChI=1S/C11H21N3O2/c1-7(2)5-9(12)11(16)13-6-8-3-4-10(15)14-8/h7-9H,3-6,12H2,1-2H3,(H,13,16)(H,14,15)/t8?,9-/m1/s1. The van der Waals surface area contributed by atoms with Gasteiger partial charge in [0.05, 0.1) is 6.04 Å². The van der Waals surface area contributed by atoms with E-state index in [-0.39, 0.29) is 17.9 Å². The minimum atomic E-state index is -0.447. The molecule has 1 saturated heterocycles. The maximum absolute atomic E-state index is 11.6. The first-order chi connectivity index (χ1) is 7.49. The first kappa shape index (κ1) is 13.0. The van der Waals surface area contributed by atoms with Gasteiger partial charge in [0.15, 0.2) is 0 Å². The summed E-state index contributed by atoms with van der Waals surface area (Å²) in [6, 6.07) is -0.375. The Morgan fingerprint density at radius 1 is 1.62 bits per heavy atom. The number of nitrogens with two attached hydrogens (primary N) is 1. The molecule has 5 heteroatoms. The van der Waals surface area contributed by atoms with Crippen LogP contribution in [0.15, 0.2) is 0 Å². The van der Waals surface area contributed by atoms with Gasteiger partial charge >= 0.3 is 0 Å². The van der Waals surface area contributed by atoms with Crippen molar-refractivity contribution in [1.29, 1.82) is 0 Å². The van der Waals surface area contributed by atoms with Crippen LogP contribution in [0.25, 0.3) is 0 Å². The van der Waals surface area contributed by atoms with Crippen molar-refractivity contribution in [3.63, 3.8) is 0 Å². The van der Waals surface area contributed by atoms with Gasteiger partial charge in [-0.1, -0.05) is 13.8 Å². The van der Waals surface area contributed by atoms with Crippen LogP contribution in [0.4, 0.5) is 0 Å². The summed E-state index contributed by atoms with van der Waals surface area (Å²) in [7, 11) is 0. The highest BCUT2D eigenvalue weighted by molar-refractivity contribution is 5.82. The molecule has 2 atom stereocenters. The number of carbonyl (C=O) groups excluding carboxylic acids is 2. The van der Waals surface area contributed by atoms with Crippen molar-refractivity contribution in [2.24, 2.45) is 11.7 Å². The predicted molar refractivity (Wildman–Crippen MR) is 61.6 cm³/mol. The quantitative estimate of drug-likeness (QED) is 0.606. The van der Waals surface area contributed by atoms with Crippen LogP contribution in [-0.4, -0.2) is 30.4 Å². The third kappa shape index (κ3) is 4.18. The van der Waals surface area contributed by atoms with Gasteiger partial charge in [0, 0.05) is 19.0 Å². The molecule has 1 rings (SSSR count). The second kappa shape index (κ2) is 5.84. The molecule has 1 heterocycles. The van der Waals surface area contributed by atoms with E-state index < -0.39 is 6.04 Å². The van der Waals surface area contributed by atoms with Crippen molar-refractivity contribution in [1.82, 2.24) is 10.6 Å². The van der Waals surface area contributed by atoms with E-state index >= 15 is 0 Å². The van der Waals surface area contributed by atoms with Gasteiger partial charge in [-0.25, -0.2) is 0 Å². The fourth-order valence-corrected chi connectivity index (χ4v) is 1.80. The third-order valence-electron chi connectivity index (χ3n) is 2.67. The van der Waals surface area contributed by atoms with Crippen LogP contribution >= 0.6 is 0 Å². The van der Waals surface area contributed by atoms with Crippen molar-refractivity contribution < 1.29 is 9.59 Å². The van der Waals surface area contributed by atoms with Crippen molar-refractivity contribution >= 4 is 11.8 Å². The molecule has 0 aromatic carbocycles. The van der Waals surface area contributed by atoms with Crippen LogP contribution in [0.1, 0.15) is 33.1 Å². The lowest BCUT2D eigenvalue weighted by Gasteiger charge is -2.16. The largest absolute Gasteiger partial charge is 0.353 e. The Kier molecular flexibility index (Phi) is 4.73. The van der Waals surface area contributed by atoms with E-state index in [9.17, 15) is 9.59 Å². The van der Waals surface area contributed by atoms with Gasteiger partial charge in [0.25, 0.3) is 0 Å². The van der Waals surface area contributed by atoms with Crippen molar-refractivity contribution in [2.45, 2.75) is 45.2 Å². The Morgan fingerprint density at radius 2 is 2.31 bits per heavy atom. The zero-order chi connectivity index (χ0) is 12.1. The molecule has 0 saturated carbocycles. The lowest BCUT2D eigenvalue weighted by Crippen LogP contribution is -2.46. The number of hydrogen-bond acceptors (Lipinski definition) is 3. The minimum Gasteiger partial charge on any atom is -0.353 e. The Morgan fingerprint density at radius 3 is 2.81 bits per heavy atom. The lowest BCUT2D eigenvalue weighted by atomic mass is 10.0. The fourth-order valence-electron chi connectivity index (χ4n) is 1.80. The molecule has 0 spiro atoms. The van der Waals surface area contributed by atoms with E-state index in [1.54, 1.807) is 0 Å². The normalized spacial score (nSPS) is 22.0. The van der Waals surface area contributed by atoms with Gasteiger partial charge in [0.1, 0.15) is 0 Å². The molecule has 16 heavy (non-hydrogen) atoms. The van der Waals surface area contributed by atoms with E-state index in [0.29, 0.717) is 25.3 Å². The monoisotopic (exact) mass is 227 g/mol. The average molecular weight is 227 g/mol. The highest BCUT2D eigenvalue weighted by atomic mass is 16.2. The second-order valence-electron chi connectivity index (χ2n) is 4.78. The summed E-state index contributed by atoms with van der Waals surface area (Å²) in [5.74, 6) is 0.340. The molecular formula is C11H21N3O2. The number of amides is 2. The van der Waals surface area contributed by atoms with Gasteiger partial charge in [-0.05, 0) is 18.8 Å². The third-order valence-corrected chi connectivity index (χ3v) is 2.67. The van der Waals surface area contributed by atoms with E-state index in [0.717, 1.165) is 6.42 Å². The van der Waals surface area contributed by atoms with E-state index in [2.05, 4.69) is 10.6 Å². The zero-order valence-electron chi connectivity index (χ0n) is 9.95. The van der Waals surface area contributed by atoms with Crippen molar-refractivity contribution in [3.8, 4) is 0 Å². The van der Waals surface area contributed by atoms with Crippen molar-refractivity contribution in [3.05, 3.63) is 0 Å². The molecule has 1 fully saturated rings. The van der Waals surface area contributed by atoms with Gasteiger partial charge < -0.3 is 16.4 Å². The molecule has 0 aromatic heterocycles. The second-order valence-corrected chi connectivity index (χ2v) is 4.78. The van der Waals surface area contributed by atoms with E-state index in [1.807, 2.05) is 13.8 Å². The first-order valence-electron chi connectivity index (χ1n) is 5.81. The lowest BCUT2D eigenvalue weighted by molar-refractivity contribution is -0.123. The Balaban J connectivity index is 2.21. The van der Waals surface area contributed by atoms with Crippen LogP contribution in [-0.2, 0) is 9.59 Å². The maximum Gasteiger partial charge on any atom is 0.236 e. The van der Waals surface area contributed by atoms with Gasteiger partial charge in [0.2, 0.25) is 11.8 Å². The molecule has 0 aliphatic carbocycles. The number of hydrogen-bond donors (Lipinski definition) is 3. The maximum atomic E-state index is 11.6. The smallest absolute Gasteiger partial charge is 0.236 e. The van der Waals surface area contributed by atoms with Crippen LogP contribution < -0.4 is 16.4 Å². The van der Waals surface area contributed by atoms with Crippen LogP contribution in [0, 0.1) is 5.92 Å². The summed E-state index contributed by atoms with van der Waals surface area (Å²) in [5.41, 5.74) is 5.73. The van der Waals surface area contributed by atoms with Gasteiger partial charge in [-0.2, -0.15) is 0 Å². The molecular weight excluding hydrogens is 206 g/mol. The predicted octanol–water partition coefficient (Wildman–Crippen LogP) is -0.245. The topological polar surface area (TPSA) is 84.2 Å². The summed E-state index contributed by atoms with van der Waals surface area (Å²) in [5, 5.41) is 5.57. The van der Waals surface area contributed by atoms with Gasteiger partial charge in [-0.15, -0.1) is 0 Å². The summed E-state index contributed by atoms with van der Waals surface area (Å²) < 4.78 is 0. The van der Waals surface area contributed by atoms with Crippen LogP contribution in [0.2, 0.25) is 0 Å². The summed E-state index contributed by atoms with van der Waals surface area (Å²) in [6.07, 6.45) is 2.03. The van der Waals surface area contributed by atoms with Crippen molar-refractivity contribution in [2.75, 3.05) is 6.54 Å². The highest BCUT2D eigenvalue weighted by Gasteiger charge is 2.22. The molecule has 1 aliphatic rings. The fraction of sp³-hybridized carbons (Fsp3) is 0.818. The summed E-state index contributed by atoms with van der Waals surface area (Å²) in [6.45, 7) is 4.55. The molecule has 2 amide bonds. The van der Waals surface area contributed by atoms with Crippen LogP contribution in [0.5, 0.6) is 0 Å². The Labute approximate surface area is 96.1 Å². The summed E-state index contributed by atoms with van der Waals surface area (Å²) >= 11 is 0. The van der Waals surface area contributed by atoms with Gasteiger partial charge in [-0.3, -0.25) is 9.59 Å². The molecule has 1 aliphatic heterocycles. The molecule has 4 N–H and O–H groups in total. The van der Waals surface area contributed by atoms with Crippen LogP contribution in [0.3, 0.4) is 0 Å². The Bertz CT molecular complexity index is 266. The zero-order valence-corrected chi connectivity index (χ0v) is 9.95. The molecule has 1 unspecified atom stereocenters. The molecule has 92 valence electrons. The molecule has 5 nitrogen and oxygen atoms in total.